The smallest absolute Gasteiger partial charge is 0.123 e. The molecule has 0 heterocycles. The second-order valence-corrected chi connectivity index (χ2v) is 5.02. The Labute approximate surface area is 103 Å². The van der Waals surface area contributed by atoms with Gasteiger partial charge in [-0.05, 0) is 56.3 Å². The molecule has 1 aliphatic carbocycles. The largest absolute Gasteiger partial charge is 0.314 e. The highest BCUT2D eigenvalue weighted by atomic mass is 19.1. The summed E-state index contributed by atoms with van der Waals surface area (Å²) in [5, 5.41) is 3.53. The van der Waals surface area contributed by atoms with Gasteiger partial charge in [-0.1, -0.05) is 25.0 Å². The molecule has 1 N–H and O–H groups in total. The van der Waals surface area contributed by atoms with Gasteiger partial charge in [0.2, 0.25) is 0 Å². The van der Waals surface area contributed by atoms with Gasteiger partial charge in [-0.3, -0.25) is 0 Å². The van der Waals surface area contributed by atoms with Gasteiger partial charge in [0.05, 0.1) is 0 Å². The van der Waals surface area contributed by atoms with Crippen LogP contribution in [0.3, 0.4) is 0 Å². The lowest BCUT2D eigenvalue weighted by Gasteiger charge is -2.03. The molecule has 1 saturated carbocycles. The van der Waals surface area contributed by atoms with E-state index in [1.165, 1.54) is 50.6 Å². The van der Waals surface area contributed by atoms with Crippen LogP contribution >= 0.6 is 0 Å². The molecule has 0 amide bonds. The Kier molecular flexibility index (Phi) is 4.99. The summed E-state index contributed by atoms with van der Waals surface area (Å²) < 4.78 is 12.7. The molecule has 1 aromatic rings. The molecule has 0 aliphatic heterocycles. The molecule has 0 unspecified atom stereocenters. The highest BCUT2D eigenvalue weighted by molar-refractivity contribution is 5.15. The molecule has 0 radical (unpaired) electrons. The molecule has 0 spiro atoms. The predicted molar refractivity (Wildman–Crippen MR) is 69.6 cm³/mol. The summed E-state index contributed by atoms with van der Waals surface area (Å²) in [6.45, 7) is 1.18. The highest BCUT2D eigenvalue weighted by Gasteiger charge is 2.19. The quantitative estimate of drug-likeness (QED) is 0.678. The van der Waals surface area contributed by atoms with Gasteiger partial charge in [0.1, 0.15) is 5.82 Å². The van der Waals surface area contributed by atoms with E-state index < -0.39 is 0 Å². The van der Waals surface area contributed by atoms with Crippen molar-refractivity contribution < 1.29 is 4.39 Å². The van der Waals surface area contributed by atoms with E-state index in [0.29, 0.717) is 0 Å². The van der Waals surface area contributed by atoms with Crippen molar-refractivity contribution in [1.82, 2.24) is 5.32 Å². The Hall–Kier alpha value is -0.890. The van der Waals surface area contributed by atoms with Gasteiger partial charge in [0.25, 0.3) is 0 Å². The highest BCUT2D eigenvalue weighted by Crippen LogP contribution is 2.18. The van der Waals surface area contributed by atoms with Crippen LogP contribution in [-0.2, 0) is 6.42 Å². The van der Waals surface area contributed by atoms with Crippen molar-refractivity contribution in [2.24, 2.45) is 0 Å². The number of hydrogen-bond donors (Lipinski definition) is 1. The van der Waals surface area contributed by atoms with E-state index in [1.807, 2.05) is 12.1 Å². The predicted octanol–water partition coefficient (Wildman–Crippen LogP) is 3.68. The number of rotatable bonds is 8. The first-order valence-electron chi connectivity index (χ1n) is 6.82. The van der Waals surface area contributed by atoms with Crippen molar-refractivity contribution in [3.05, 3.63) is 35.6 Å². The molecule has 1 fully saturated rings. The summed E-state index contributed by atoms with van der Waals surface area (Å²) in [4.78, 5) is 0. The molecule has 2 heteroatoms. The van der Waals surface area contributed by atoms with Gasteiger partial charge >= 0.3 is 0 Å². The van der Waals surface area contributed by atoms with Crippen LogP contribution in [0.2, 0.25) is 0 Å². The van der Waals surface area contributed by atoms with Crippen LogP contribution in [0.25, 0.3) is 0 Å². The van der Waals surface area contributed by atoms with Crippen LogP contribution in [-0.4, -0.2) is 12.6 Å². The molecule has 0 saturated heterocycles. The second kappa shape index (κ2) is 6.75. The summed E-state index contributed by atoms with van der Waals surface area (Å²) in [7, 11) is 0. The van der Waals surface area contributed by atoms with Crippen LogP contribution in [0, 0.1) is 5.82 Å². The summed E-state index contributed by atoms with van der Waals surface area (Å²) >= 11 is 0. The van der Waals surface area contributed by atoms with Crippen molar-refractivity contribution >= 4 is 0 Å². The normalized spacial score (nSPS) is 15.1. The Balaban J connectivity index is 1.46. The Morgan fingerprint density at radius 3 is 2.41 bits per heavy atom. The fourth-order valence-corrected chi connectivity index (χ4v) is 2.05. The van der Waals surface area contributed by atoms with Gasteiger partial charge < -0.3 is 5.32 Å². The zero-order valence-electron chi connectivity index (χ0n) is 10.4. The fraction of sp³-hybridized carbons (Fsp3) is 0.600. The first kappa shape index (κ1) is 12.6. The third-order valence-corrected chi connectivity index (χ3v) is 3.32. The standard InChI is InChI=1S/C15H22FN/c16-14-8-6-13(7-9-14)5-3-1-2-4-12-17-15-10-11-15/h6-9,15,17H,1-5,10-12H2. The molecule has 1 aliphatic rings. The van der Waals surface area contributed by atoms with E-state index >= 15 is 0 Å². The number of aryl methyl sites for hydroxylation is 1. The van der Waals surface area contributed by atoms with Crippen molar-refractivity contribution in [1.29, 1.82) is 0 Å². The zero-order valence-corrected chi connectivity index (χ0v) is 10.4. The molecule has 1 nitrogen and oxygen atoms in total. The van der Waals surface area contributed by atoms with Crippen molar-refractivity contribution in [2.45, 2.75) is 51.0 Å². The van der Waals surface area contributed by atoms with Crippen molar-refractivity contribution in [2.75, 3.05) is 6.54 Å². The Morgan fingerprint density at radius 1 is 1.00 bits per heavy atom. The summed E-state index contributed by atoms with van der Waals surface area (Å²) in [5.74, 6) is -0.139. The number of halogens is 1. The van der Waals surface area contributed by atoms with Gasteiger partial charge in [-0.25, -0.2) is 4.39 Å². The lowest BCUT2D eigenvalue weighted by molar-refractivity contribution is 0.585. The van der Waals surface area contributed by atoms with Crippen LogP contribution in [0.1, 0.15) is 44.1 Å². The summed E-state index contributed by atoms with van der Waals surface area (Å²) in [6.07, 6.45) is 8.94. The molecule has 0 aromatic heterocycles. The van der Waals surface area contributed by atoms with Gasteiger partial charge in [0, 0.05) is 6.04 Å². The number of unbranched alkanes of at least 4 members (excludes halogenated alkanes) is 3. The maximum atomic E-state index is 12.7. The van der Waals surface area contributed by atoms with Gasteiger partial charge in [-0.15, -0.1) is 0 Å². The first-order valence-corrected chi connectivity index (χ1v) is 6.82. The molecule has 94 valence electrons. The van der Waals surface area contributed by atoms with Crippen molar-refractivity contribution in [3.8, 4) is 0 Å². The zero-order chi connectivity index (χ0) is 11.9. The fourth-order valence-electron chi connectivity index (χ4n) is 2.05. The lowest BCUT2D eigenvalue weighted by atomic mass is 10.1. The van der Waals surface area contributed by atoms with E-state index in [4.69, 9.17) is 0 Å². The van der Waals surface area contributed by atoms with Gasteiger partial charge in [-0.2, -0.15) is 0 Å². The third kappa shape index (κ3) is 5.31. The minimum Gasteiger partial charge on any atom is -0.314 e. The minimum absolute atomic E-state index is 0.139. The average Bonchev–Trinajstić information content (AvgIpc) is 3.14. The lowest BCUT2D eigenvalue weighted by Crippen LogP contribution is -2.17. The van der Waals surface area contributed by atoms with Crippen molar-refractivity contribution in [3.63, 3.8) is 0 Å². The topological polar surface area (TPSA) is 12.0 Å². The third-order valence-electron chi connectivity index (χ3n) is 3.32. The molecular weight excluding hydrogens is 213 g/mol. The first-order chi connectivity index (χ1) is 8.34. The number of benzene rings is 1. The summed E-state index contributed by atoms with van der Waals surface area (Å²) in [5.41, 5.74) is 1.25. The minimum atomic E-state index is -0.139. The Morgan fingerprint density at radius 2 is 1.71 bits per heavy atom. The van der Waals surface area contributed by atoms with Crippen LogP contribution in [0.15, 0.2) is 24.3 Å². The molecule has 17 heavy (non-hydrogen) atoms. The molecule has 1 aromatic carbocycles. The summed E-state index contributed by atoms with van der Waals surface area (Å²) in [6, 6.07) is 7.73. The van der Waals surface area contributed by atoms with E-state index in [0.717, 1.165) is 12.5 Å². The number of hydrogen-bond acceptors (Lipinski definition) is 1. The van der Waals surface area contributed by atoms with E-state index in [1.54, 1.807) is 12.1 Å². The maximum Gasteiger partial charge on any atom is 0.123 e. The molecule has 0 atom stereocenters. The van der Waals surface area contributed by atoms with Crippen LogP contribution < -0.4 is 5.32 Å². The number of nitrogens with one attached hydrogen (secondary N) is 1. The maximum absolute atomic E-state index is 12.7. The van der Waals surface area contributed by atoms with E-state index in [-0.39, 0.29) is 5.82 Å². The van der Waals surface area contributed by atoms with E-state index in [2.05, 4.69) is 5.32 Å². The molecular formula is C15H22FN. The second-order valence-electron chi connectivity index (χ2n) is 5.02. The molecule has 0 bridgehead atoms. The van der Waals surface area contributed by atoms with Gasteiger partial charge in [0.15, 0.2) is 0 Å². The average molecular weight is 235 g/mol. The SMILES string of the molecule is Fc1ccc(CCCCCCNC2CC2)cc1. The Bertz CT molecular complexity index is 316. The molecule has 2 rings (SSSR count). The van der Waals surface area contributed by atoms with E-state index in [9.17, 15) is 4.39 Å². The van der Waals surface area contributed by atoms with Crippen LogP contribution in [0.5, 0.6) is 0 Å². The van der Waals surface area contributed by atoms with Crippen LogP contribution in [0.4, 0.5) is 4.39 Å². The monoisotopic (exact) mass is 235 g/mol.